The number of nitrogens with one attached hydrogen (secondary N) is 1. The van der Waals surface area contributed by atoms with Crippen molar-refractivity contribution in [2.75, 3.05) is 13.7 Å². The molecular formula is C22H25N3O2. The number of methoxy groups -OCH3 is 1. The molecule has 0 fully saturated rings. The van der Waals surface area contributed by atoms with Gasteiger partial charge in [-0.15, -0.1) is 0 Å². The van der Waals surface area contributed by atoms with Crippen molar-refractivity contribution < 1.29 is 9.53 Å². The van der Waals surface area contributed by atoms with Crippen LogP contribution in [0.15, 0.2) is 61.1 Å². The third-order valence-electron chi connectivity index (χ3n) is 4.67. The fourth-order valence-electron chi connectivity index (χ4n) is 3.09. The smallest absolute Gasteiger partial charge is 0.270 e. The van der Waals surface area contributed by atoms with E-state index in [1.165, 1.54) is 11.1 Å². The lowest BCUT2D eigenvalue weighted by molar-refractivity contribution is 0.0888. The standard InChI is InChI=1S/C22H25N3O2/c1-4-18(14-27-3)24-22(26)21-13-23-15-25(21)19-11-9-17(10-12-19)20-8-6-5-7-16(20)2/h5-13,15,18H,4,14H2,1-3H3,(H,24,26). The summed E-state index contributed by atoms with van der Waals surface area (Å²) in [6.45, 7) is 4.61. The van der Waals surface area contributed by atoms with E-state index in [9.17, 15) is 4.79 Å². The maximum absolute atomic E-state index is 12.6. The van der Waals surface area contributed by atoms with E-state index < -0.39 is 0 Å². The van der Waals surface area contributed by atoms with Gasteiger partial charge < -0.3 is 10.1 Å². The topological polar surface area (TPSA) is 56.1 Å². The molecule has 0 aliphatic heterocycles. The molecule has 27 heavy (non-hydrogen) atoms. The number of ether oxygens (including phenoxy) is 1. The zero-order chi connectivity index (χ0) is 19.2. The lowest BCUT2D eigenvalue weighted by Crippen LogP contribution is -2.38. The molecule has 0 saturated heterocycles. The van der Waals surface area contributed by atoms with Crippen molar-refractivity contribution in [3.63, 3.8) is 0 Å². The minimum atomic E-state index is -0.153. The molecule has 1 unspecified atom stereocenters. The highest BCUT2D eigenvalue weighted by molar-refractivity contribution is 5.93. The Hall–Kier alpha value is -2.92. The largest absolute Gasteiger partial charge is 0.383 e. The van der Waals surface area contributed by atoms with Gasteiger partial charge in [0.15, 0.2) is 0 Å². The summed E-state index contributed by atoms with van der Waals surface area (Å²) in [4.78, 5) is 16.8. The summed E-state index contributed by atoms with van der Waals surface area (Å²) >= 11 is 0. The van der Waals surface area contributed by atoms with Crippen molar-refractivity contribution in [3.05, 3.63) is 72.3 Å². The highest BCUT2D eigenvalue weighted by atomic mass is 16.5. The second-order valence-corrected chi connectivity index (χ2v) is 6.54. The molecule has 1 amide bonds. The van der Waals surface area contributed by atoms with E-state index in [0.717, 1.165) is 17.7 Å². The molecule has 1 N–H and O–H groups in total. The molecular weight excluding hydrogens is 338 g/mol. The number of nitrogens with zero attached hydrogens (tertiary/aromatic N) is 2. The quantitative estimate of drug-likeness (QED) is 0.690. The van der Waals surface area contributed by atoms with Gasteiger partial charge in [0.1, 0.15) is 5.69 Å². The first kappa shape index (κ1) is 18.9. The number of aryl methyl sites for hydroxylation is 1. The van der Waals surface area contributed by atoms with Crippen LogP contribution in [0.1, 0.15) is 29.4 Å². The van der Waals surface area contributed by atoms with Gasteiger partial charge in [-0.25, -0.2) is 4.98 Å². The summed E-state index contributed by atoms with van der Waals surface area (Å²) in [6, 6.07) is 16.4. The predicted octanol–water partition coefficient (Wildman–Crippen LogP) is 4.00. The van der Waals surface area contributed by atoms with E-state index in [1.807, 2.05) is 31.2 Å². The Bertz CT molecular complexity index is 900. The van der Waals surface area contributed by atoms with Gasteiger partial charge >= 0.3 is 0 Å². The lowest BCUT2D eigenvalue weighted by Gasteiger charge is -2.16. The van der Waals surface area contributed by atoms with Crippen LogP contribution in [0.2, 0.25) is 0 Å². The predicted molar refractivity (Wildman–Crippen MR) is 107 cm³/mol. The van der Waals surface area contributed by atoms with Gasteiger partial charge in [-0.1, -0.05) is 43.3 Å². The van der Waals surface area contributed by atoms with E-state index in [2.05, 4.69) is 41.5 Å². The summed E-state index contributed by atoms with van der Waals surface area (Å²) in [5, 5.41) is 3.00. The van der Waals surface area contributed by atoms with Gasteiger partial charge in [0, 0.05) is 12.8 Å². The number of imidazole rings is 1. The Balaban J connectivity index is 1.83. The number of carbonyl (C=O) groups is 1. The molecule has 2 aromatic carbocycles. The Kier molecular flexibility index (Phi) is 6.04. The third kappa shape index (κ3) is 4.26. The molecule has 5 heteroatoms. The molecule has 1 atom stereocenters. The number of hydrogen-bond acceptors (Lipinski definition) is 3. The maximum Gasteiger partial charge on any atom is 0.270 e. The van der Waals surface area contributed by atoms with Gasteiger partial charge in [-0.2, -0.15) is 0 Å². The number of amides is 1. The fourth-order valence-corrected chi connectivity index (χ4v) is 3.09. The number of hydrogen-bond donors (Lipinski definition) is 1. The van der Waals surface area contributed by atoms with Crippen molar-refractivity contribution in [3.8, 4) is 16.8 Å². The molecule has 3 rings (SSSR count). The lowest BCUT2D eigenvalue weighted by atomic mass is 10.0. The molecule has 0 aliphatic carbocycles. The Morgan fingerprint density at radius 2 is 1.93 bits per heavy atom. The molecule has 1 aromatic heterocycles. The number of carbonyl (C=O) groups excluding carboxylic acids is 1. The van der Waals surface area contributed by atoms with E-state index >= 15 is 0 Å². The van der Waals surface area contributed by atoms with E-state index in [4.69, 9.17) is 4.74 Å². The number of benzene rings is 2. The van der Waals surface area contributed by atoms with Crippen LogP contribution in [-0.2, 0) is 4.74 Å². The van der Waals surface area contributed by atoms with Crippen LogP contribution >= 0.6 is 0 Å². The summed E-state index contributed by atoms with van der Waals surface area (Å²) in [6.07, 6.45) is 4.05. The van der Waals surface area contributed by atoms with Crippen LogP contribution in [0.3, 0.4) is 0 Å². The summed E-state index contributed by atoms with van der Waals surface area (Å²) < 4.78 is 6.96. The number of rotatable bonds is 7. The highest BCUT2D eigenvalue weighted by Gasteiger charge is 2.16. The zero-order valence-electron chi connectivity index (χ0n) is 16.0. The minimum Gasteiger partial charge on any atom is -0.383 e. The Morgan fingerprint density at radius 1 is 1.19 bits per heavy atom. The van der Waals surface area contributed by atoms with Gasteiger partial charge in [0.05, 0.1) is 25.2 Å². The molecule has 0 radical (unpaired) electrons. The first-order valence-corrected chi connectivity index (χ1v) is 9.12. The summed E-state index contributed by atoms with van der Waals surface area (Å²) in [5.74, 6) is -0.153. The second-order valence-electron chi connectivity index (χ2n) is 6.54. The van der Waals surface area contributed by atoms with Crippen LogP contribution in [-0.4, -0.2) is 35.2 Å². The van der Waals surface area contributed by atoms with Crippen LogP contribution in [0.5, 0.6) is 0 Å². The van der Waals surface area contributed by atoms with Gasteiger partial charge in [-0.05, 0) is 42.2 Å². The molecule has 5 nitrogen and oxygen atoms in total. The van der Waals surface area contributed by atoms with Gasteiger partial charge in [0.25, 0.3) is 5.91 Å². The average Bonchev–Trinajstić information content (AvgIpc) is 3.18. The molecule has 0 bridgehead atoms. The van der Waals surface area contributed by atoms with E-state index in [0.29, 0.717) is 12.3 Å². The molecule has 0 saturated carbocycles. The second kappa shape index (κ2) is 8.64. The van der Waals surface area contributed by atoms with Crippen LogP contribution in [0, 0.1) is 6.92 Å². The van der Waals surface area contributed by atoms with Crippen molar-refractivity contribution in [2.45, 2.75) is 26.3 Å². The van der Waals surface area contributed by atoms with Crippen molar-refractivity contribution in [1.82, 2.24) is 14.9 Å². The first-order valence-electron chi connectivity index (χ1n) is 9.12. The SMILES string of the molecule is CCC(COC)NC(=O)c1cncn1-c1ccc(-c2ccccc2C)cc1. The Morgan fingerprint density at radius 3 is 2.59 bits per heavy atom. The minimum absolute atomic E-state index is 0.0192. The maximum atomic E-state index is 12.6. The third-order valence-corrected chi connectivity index (χ3v) is 4.67. The van der Waals surface area contributed by atoms with E-state index in [-0.39, 0.29) is 11.9 Å². The van der Waals surface area contributed by atoms with Gasteiger partial charge in [-0.3, -0.25) is 9.36 Å². The van der Waals surface area contributed by atoms with Crippen LogP contribution in [0.25, 0.3) is 16.8 Å². The van der Waals surface area contributed by atoms with Crippen molar-refractivity contribution in [1.29, 1.82) is 0 Å². The summed E-state index contributed by atoms with van der Waals surface area (Å²) in [7, 11) is 1.63. The Labute approximate surface area is 160 Å². The van der Waals surface area contributed by atoms with Crippen molar-refractivity contribution >= 4 is 5.91 Å². The van der Waals surface area contributed by atoms with Crippen LogP contribution in [0.4, 0.5) is 0 Å². The summed E-state index contributed by atoms with van der Waals surface area (Å²) in [5.41, 5.74) is 4.99. The van der Waals surface area contributed by atoms with Gasteiger partial charge in [0.2, 0.25) is 0 Å². The van der Waals surface area contributed by atoms with Crippen molar-refractivity contribution in [2.24, 2.45) is 0 Å². The molecule has 0 spiro atoms. The fraction of sp³-hybridized carbons (Fsp3) is 0.273. The molecule has 140 valence electrons. The number of aromatic nitrogens is 2. The monoisotopic (exact) mass is 363 g/mol. The van der Waals surface area contributed by atoms with E-state index in [1.54, 1.807) is 24.2 Å². The molecule has 0 aliphatic rings. The molecule has 3 aromatic rings. The van der Waals surface area contributed by atoms with Crippen LogP contribution < -0.4 is 5.32 Å². The average molecular weight is 363 g/mol. The highest BCUT2D eigenvalue weighted by Crippen LogP contribution is 2.24. The molecule has 1 heterocycles. The normalized spacial score (nSPS) is 12.0. The first-order chi connectivity index (χ1) is 13.1. The zero-order valence-corrected chi connectivity index (χ0v) is 16.0.